The van der Waals surface area contributed by atoms with E-state index in [0.29, 0.717) is 34.5 Å². The Morgan fingerprint density at radius 2 is 0.438 bits per heavy atom. The van der Waals surface area contributed by atoms with Crippen molar-refractivity contribution in [3.63, 3.8) is 0 Å². The first-order chi connectivity index (χ1) is 59.0. The normalized spacial score (nSPS) is 13.6. The van der Waals surface area contributed by atoms with Gasteiger partial charge in [0.05, 0.1) is 0 Å². The van der Waals surface area contributed by atoms with Gasteiger partial charge in [0.1, 0.15) is 34.5 Å². The summed E-state index contributed by atoms with van der Waals surface area (Å²) in [5, 5.41) is 36.0. The number of aromatic hydroxyl groups is 3. The quantitative estimate of drug-likeness (QED) is 0.0148. The van der Waals surface area contributed by atoms with Crippen LogP contribution in [0, 0.1) is 0 Å². The van der Waals surface area contributed by atoms with Crippen molar-refractivity contribution in [2.75, 3.05) is 0 Å². The molecule has 0 radical (unpaired) electrons. The van der Waals surface area contributed by atoms with Crippen molar-refractivity contribution < 1.29 is 43.9 Å². The molecule has 0 aliphatic heterocycles. The van der Waals surface area contributed by atoms with Crippen molar-refractivity contribution in [3.8, 4) is 34.5 Å². The van der Waals surface area contributed by atoms with Crippen LogP contribution >= 0.6 is 0 Å². The van der Waals surface area contributed by atoms with E-state index in [1.165, 1.54) is 90.1 Å². The molecule has 6 aromatic rings. The maximum atomic E-state index is 12.9. The summed E-state index contributed by atoms with van der Waals surface area (Å²) in [6.07, 6.45) is 24.6. The Bertz CT molecular complexity index is 4750. The first-order valence-electron chi connectivity index (χ1n) is 49.7. The molecule has 0 aliphatic rings. The molecule has 0 spiro atoms. The minimum absolute atomic E-state index is 0.0477. The third-order valence-electron chi connectivity index (χ3n) is 31.4. The average Bonchev–Trinajstić information content (AvgIpc) is 0.752. The number of carbonyl (C=O) groups excluding carboxylic acids is 3. The molecule has 0 fully saturated rings. The summed E-state index contributed by atoms with van der Waals surface area (Å²) in [7, 11) is 0. The zero-order valence-electron chi connectivity index (χ0n) is 88.9. The summed E-state index contributed by atoms with van der Waals surface area (Å²) in [6.45, 7) is 98.1. The summed E-state index contributed by atoms with van der Waals surface area (Å²) in [6, 6.07) is 26.8. The minimum Gasteiger partial charge on any atom is -0.507 e. The van der Waals surface area contributed by atoms with Crippen molar-refractivity contribution in [2.45, 2.75) is 481 Å². The van der Waals surface area contributed by atoms with Crippen LogP contribution in [0.2, 0.25) is 0 Å². The number of phenolic OH excluding ortho intramolecular Hbond substituents is 3. The van der Waals surface area contributed by atoms with Gasteiger partial charge in [-0.1, -0.05) is 414 Å². The largest absolute Gasteiger partial charge is 0.507 e. The lowest BCUT2D eigenvalue weighted by atomic mass is 9.71. The van der Waals surface area contributed by atoms with Crippen molar-refractivity contribution in [3.05, 3.63) is 211 Å². The lowest BCUT2D eigenvalue weighted by Gasteiger charge is -2.35. The Hall–Kier alpha value is -7.65. The van der Waals surface area contributed by atoms with E-state index in [-0.39, 0.29) is 82.7 Å². The van der Waals surface area contributed by atoms with E-state index in [1.54, 1.807) is 0 Å². The molecule has 0 heterocycles. The van der Waals surface area contributed by atoms with Gasteiger partial charge in [0.2, 0.25) is 0 Å². The SMILES string of the molecule is C=CC(=O)Oc1c(C(C)c2cc(C(C)(C)CC)cc(C(C)(C)CC)c2O)cc(C(C)(C)CC)cc1C(C)(C)CC.C=CC(=O)Oc1c(C(C)c2cc(C(C)(C)CCC)cc(C(C)(C)CC)c2O)cc(C(C)(C)CCC)cc1C(C)(C)CC.C=CC(=O)Oc1c(C(C)c2cc(C(C)(C)CCCCC)cc(C(C)(C)CC)c2O)cc(C(C)(C)CCCCC)cc1C(C)(C)CC. The van der Waals surface area contributed by atoms with E-state index in [9.17, 15) is 29.7 Å². The van der Waals surface area contributed by atoms with Gasteiger partial charge in [-0.25, -0.2) is 14.4 Å². The van der Waals surface area contributed by atoms with Gasteiger partial charge in [0, 0.05) is 103 Å². The number of esters is 3. The third kappa shape index (κ3) is 26.9. The maximum Gasteiger partial charge on any atom is 0.335 e. The number of hydrogen-bond donors (Lipinski definition) is 3. The fourth-order valence-electron chi connectivity index (χ4n) is 17.6. The highest BCUT2D eigenvalue weighted by Crippen LogP contribution is 2.55. The molecule has 6 aromatic carbocycles. The first-order valence-corrected chi connectivity index (χ1v) is 49.7. The topological polar surface area (TPSA) is 140 Å². The van der Waals surface area contributed by atoms with Gasteiger partial charge in [0.25, 0.3) is 0 Å². The van der Waals surface area contributed by atoms with E-state index < -0.39 is 17.9 Å². The van der Waals surface area contributed by atoms with E-state index >= 15 is 0 Å². The van der Waals surface area contributed by atoms with Gasteiger partial charge in [-0.2, -0.15) is 0 Å². The summed E-state index contributed by atoms with van der Waals surface area (Å²) in [5.41, 5.74) is 17.3. The van der Waals surface area contributed by atoms with Crippen molar-refractivity contribution >= 4 is 17.9 Å². The molecule has 9 nitrogen and oxygen atoms in total. The van der Waals surface area contributed by atoms with Crippen molar-refractivity contribution in [2.24, 2.45) is 0 Å². The highest BCUT2D eigenvalue weighted by Gasteiger charge is 2.41. The number of rotatable bonds is 44. The highest BCUT2D eigenvalue weighted by atomic mass is 16.5. The fourth-order valence-corrected chi connectivity index (χ4v) is 17.6. The van der Waals surface area contributed by atoms with Gasteiger partial charge < -0.3 is 29.5 Å². The van der Waals surface area contributed by atoms with Gasteiger partial charge in [0.15, 0.2) is 0 Å². The van der Waals surface area contributed by atoms with Crippen LogP contribution in [-0.2, 0) is 79.4 Å². The van der Waals surface area contributed by atoms with Gasteiger partial charge in [-0.05, 0) is 175 Å². The van der Waals surface area contributed by atoms with Gasteiger partial charge in [-0.15, -0.1) is 0 Å². The monoisotopic (exact) mass is 1760 g/mol. The molecule has 0 saturated heterocycles. The van der Waals surface area contributed by atoms with Gasteiger partial charge >= 0.3 is 17.9 Å². The minimum atomic E-state index is -0.470. The Morgan fingerprint density at radius 1 is 0.258 bits per heavy atom. The summed E-state index contributed by atoms with van der Waals surface area (Å²) < 4.78 is 18.4. The van der Waals surface area contributed by atoms with Crippen LogP contribution in [-0.4, -0.2) is 33.2 Å². The fraction of sp³-hybridized carbons (Fsp3) is 0.622. The number of phenols is 3. The second kappa shape index (κ2) is 45.2. The number of ether oxygens (including phenoxy) is 3. The summed E-state index contributed by atoms with van der Waals surface area (Å²) >= 11 is 0. The second-order valence-corrected chi connectivity index (χ2v) is 45.6. The number of carbonyl (C=O) groups is 3. The molecule has 0 aliphatic carbocycles. The maximum absolute atomic E-state index is 12.9. The molecule has 0 saturated carbocycles. The molecule has 0 amide bonds. The molecule has 128 heavy (non-hydrogen) atoms. The summed E-state index contributed by atoms with van der Waals surface area (Å²) in [5.74, 6) is 0.804. The van der Waals surface area contributed by atoms with E-state index in [2.05, 4.69) is 363 Å². The van der Waals surface area contributed by atoms with Crippen LogP contribution in [0.1, 0.15) is 516 Å². The third-order valence-corrected chi connectivity index (χ3v) is 31.4. The molecule has 3 N–H and O–H groups in total. The lowest BCUT2D eigenvalue weighted by Crippen LogP contribution is -2.25. The highest BCUT2D eigenvalue weighted by molar-refractivity contribution is 5.86. The second-order valence-electron chi connectivity index (χ2n) is 45.6. The van der Waals surface area contributed by atoms with E-state index in [1.807, 2.05) is 0 Å². The van der Waals surface area contributed by atoms with Crippen LogP contribution in [0.5, 0.6) is 34.5 Å². The molecule has 0 aromatic heterocycles. The molecule has 6 rings (SSSR count). The smallest absolute Gasteiger partial charge is 0.335 e. The molecule has 3 unspecified atom stereocenters. The Kier molecular flexibility index (Phi) is 39.8. The molecule has 9 heteroatoms. The van der Waals surface area contributed by atoms with Crippen LogP contribution < -0.4 is 14.2 Å². The zero-order valence-corrected chi connectivity index (χ0v) is 88.9. The summed E-state index contributed by atoms with van der Waals surface area (Å²) in [4.78, 5) is 38.5. The average molecular weight is 1760 g/mol. The first kappa shape index (κ1) is 113. The number of unbranched alkanes of at least 4 members (excludes halogenated alkanes) is 4. The van der Waals surface area contributed by atoms with Crippen LogP contribution in [0.3, 0.4) is 0 Å². The number of benzene rings is 6. The molecular formula is C119H184O9. The van der Waals surface area contributed by atoms with Crippen LogP contribution in [0.25, 0.3) is 0 Å². The molecule has 714 valence electrons. The molecule has 0 bridgehead atoms. The number of hydrogen-bond acceptors (Lipinski definition) is 9. The zero-order chi connectivity index (χ0) is 98.2. The van der Waals surface area contributed by atoms with E-state index in [4.69, 9.17) is 14.2 Å². The van der Waals surface area contributed by atoms with Gasteiger partial charge in [-0.3, -0.25) is 0 Å². The predicted octanol–water partition coefficient (Wildman–Crippen LogP) is 34.3. The van der Waals surface area contributed by atoms with Crippen molar-refractivity contribution in [1.29, 1.82) is 0 Å². The standard InChI is InChI=1S/C43H68O3.C39H60O3.C37H56O3/c1-15-20-22-24-42(11,12)31-26-33(38(45)35(28-31)40(7,8)18-4)30(6)34-27-32(43(13,14)25-23-21-16-2)29-36(41(9,10)19-5)39(34)46-37(44)17-3;1-15-20-38(11,12)27-22-29(34(41)31(24-27)36(7,8)18-4)26(6)30-23-28(39(13,14)21-16-2)25-32(37(9,10)19-5)35(30)42-33(40)17-3;1-15-31(38)40-33-28(21-26(35(9,10)17-3)23-30(33)37(13,14)19-5)24(6)27-20-25(34(7,8)16-2)22-29(32(27)39)36(11,12)18-4/h17,26-30,45H,3,15-16,18-25H2,1-2,4-14H3;17,22-26,41H,3,15-16,18-21H2,1-2,4-14H3;15,20-24,39H,1,16-19H2,2-14H3. The van der Waals surface area contributed by atoms with Crippen molar-refractivity contribution in [1.82, 2.24) is 0 Å². The lowest BCUT2D eigenvalue weighted by molar-refractivity contribution is -0.130. The van der Waals surface area contributed by atoms with Crippen LogP contribution in [0.4, 0.5) is 0 Å². The van der Waals surface area contributed by atoms with E-state index in [0.717, 1.165) is 157 Å². The van der Waals surface area contributed by atoms with Crippen LogP contribution in [0.15, 0.2) is 111 Å². The predicted molar refractivity (Wildman–Crippen MR) is 550 cm³/mol. The molecule has 3 atom stereocenters. The Balaban J connectivity index is 0.000000403. The Morgan fingerprint density at radius 3 is 0.625 bits per heavy atom. The Labute approximate surface area is 783 Å². The molecular weight excluding hydrogens is 1570 g/mol.